The van der Waals surface area contributed by atoms with Crippen molar-refractivity contribution >= 4 is 57.4 Å². The second-order valence-electron chi connectivity index (χ2n) is 9.32. The third-order valence-electron chi connectivity index (χ3n) is 6.31. The summed E-state index contributed by atoms with van der Waals surface area (Å²) in [5.41, 5.74) is 2.89. The Morgan fingerprint density at radius 2 is 1.74 bits per heavy atom. The van der Waals surface area contributed by atoms with E-state index in [-0.39, 0.29) is 5.91 Å². The number of carboxylic acid groups (broad SMARTS) is 1. The van der Waals surface area contributed by atoms with Crippen LogP contribution in [-0.2, 0) is 9.53 Å². The molecular formula is C28H27Cl2F3N6O4. The van der Waals surface area contributed by atoms with E-state index >= 15 is 0 Å². The highest BCUT2D eigenvalue weighted by atomic mass is 35.5. The van der Waals surface area contributed by atoms with Crippen molar-refractivity contribution in [2.75, 3.05) is 44.7 Å². The Hall–Kier alpha value is -3.91. The summed E-state index contributed by atoms with van der Waals surface area (Å²) in [4.78, 5) is 28.4. The van der Waals surface area contributed by atoms with Gasteiger partial charge in [-0.2, -0.15) is 18.3 Å². The minimum Gasteiger partial charge on any atom is -0.475 e. The summed E-state index contributed by atoms with van der Waals surface area (Å²) in [5, 5.41) is 19.9. The first-order valence-electron chi connectivity index (χ1n) is 13.1. The van der Waals surface area contributed by atoms with E-state index in [0.717, 1.165) is 55.9 Å². The number of alkyl halides is 3. The summed E-state index contributed by atoms with van der Waals surface area (Å²) in [6, 6.07) is 14.7. The summed E-state index contributed by atoms with van der Waals surface area (Å²) in [5.74, 6) is -2.31. The van der Waals surface area contributed by atoms with Crippen molar-refractivity contribution in [1.82, 2.24) is 25.0 Å². The van der Waals surface area contributed by atoms with Crippen LogP contribution >= 0.6 is 23.2 Å². The van der Waals surface area contributed by atoms with Crippen LogP contribution < -0.4 is 10.6 Å². The van der Waals surface area contributed by atoms with Gasteiger partial charge >= 0.3 is 12.1 Å². The SMILES string of the molecule is O=C(NCCCN1CCOCC1)c1ccnc(-n2ncc3cc(Nc4c(Cl)cccc4Cl)ccc32)c1.O=C(O)C(F)(F)F. The molecule has 0 radical (unpaired) electrons. The van der Waals surface area contributed by atoms with Gasteiger partial charge in [-0.15, -0.1) is 0 Å². The number of morpholine rings is 1. The Morgan fingerprint density at radius 1 is 1.05 bits per heavy atom. The monoisotopic (exact) mass is 638 g/mol. The number of halogens is 5. The molecule has 3 N–H and O–H groups in total. The molecule has 0 aliphatic carbocycles. The van der Waals surface area contributed by atoms with Crippen LogP contribution in [0.15, 0.2) is 60.9 Å². The van der Waals surface area contributed by atoms with Crippen molar-refractivity contribution in [3.63, 3.8) is 0 Å². The van der Waals surface area contributed by atoms with Crippen LogP contribution in [0.2, 0.25) is 10.0 Å². The molecule has 2 aromatic carbocycles. The molecule has 10 nitrogen and oxygen atoms in total. The third-order valence-corrected chi connectivity index (χ3v) is 6.94. The summed E-state index contributed by atoms with van der Waals surface area (Å²) in [7, 11) is 0. The molecule has 15 heteroatoms. The van der Waals surface area contributed by atoms with E-state index in [1.165, 1.54) is 0 Å². The molecule has 4 aromatic rings. The van der Waals surface area contributed by atoms with Crippen LogP contribution in [0.1, 0.15) is 16.8 Å². The first-order chi connectivity index (χ1) is 20.5. The second-order valence-corrected chi connectivity index (χ2v) is 10.1. The summed E-state index contributed by atoms with van der Waals surface area (Å²) >= 11 is 12.6. The number of hydrogen-bond donors (Lipinski definition) is 3. The van der Waals surface area contributed by atoms with E-state index in [1.54, 1.807) is 47.4 Å². The number of ether oxygens (including phenoxy) is 1. The Morgan fingerprint density at radius 3 is 2.42 bits per heavy atom. The second kappa shape index (κ2) is 14.5. The van der Waals surface area contributed by atoms with Crippen LogP contribution in [0.25, 0.3) is 16.7 Å². The fourth-order valence-corrected chi connectivity index (χ4v) is 4.65. The van der Waals surface area contributed by atoms with Crippen molar-refractivity contribution in [1.29, 1.82) is 0 Å². The van der Waals surface area contributed by atoms with Gasteiger partial charge in [-0.05, 0) is 55.4 Å². The van der Waals surface area contributed by atoms with Crippen LogP contribution in [0.3, 0.4) is 0 Å². The van der Waals surface area contributed by atoms with Crippen molar-refractivity contribution in [3.05, 3.63) is 76.5 Å². The summed E-state index contributed by atoms with van der Waals surface area (Å²) in [6.45, 7) is 5.02. The van der Waals surface area contributed by atoms with Gasteiger partial charge in [0.1, 0.15) is 0 Å². The number of anilines is 2. The van der Waals surface area contributed by atoms with Gasteiger partial charge in [0.15, 0.2) is 5.82 Å². The third kappa shape index (κ3) is 8.80. The van der Waals surface area contributed by atoms with Gasteiger partial charge in [0, 0.05) is 42.5 Å². The van der Waals surface area contributed by atoms with Crippen LogP contribution in [-0.4, -0.2) is 82.2 Å². The first-order valence-corrected chi connectivity index (χ1v) is 13.8. The summed E-state index contributed by atoms with van der Waals surface area (Å²) in [6.07, 6.45) is -0.807. The Kier molecular flexibility index (Phi) is 10.8. The number of benzene rings is 2. The largest absolute Gasteiger partial charge is 0.490 e. The molecule has 3 heterocycles. The number of nitrogens with one attached hydrogen (secondary N) is 2. The zero-order valence-electron chi connectivity index (χ0n) is 22.6. The topological polar surface area (TPSA) is 122 Å². The standard InChI is InChI=1S/C26H26Cl2N6O2.C2HF3O2/c27-21-3-1-4-22(28)25(21)32-20-5-6-23-19(15-20)17-31-34(23)24-16-18(7-9-29-24)26(35)30-8-2-10-33-11-13-36-14-12-33;3-2(4,5)1(6)7/h1,3-7,9,15-17,32H,2,8,10-14H2,(H,30,35);(H,6,7). The molecule has 5 rings (SSSR count). The number of aliphatic carboxylic acids is 1. The number of aromatic nitrogens is 3. The average molecular weight is 639 g/mol. The van der Waals surface area contributed by atoms with Crippen molar-refractivity contribution in [3.8, 4) is 5.82 Å². The molecule has 228 valence electrons. The van der Waals surface area contributed by atoms with E-state index in [2.05, 4.69) is 25.6 Å². The van der Waals surface area contributed by atoms with E-state index in [9.17, 15) is 18.0 Å². The fourth-order valence-electron chi connectivity index (χ4n) is 4.16. The lowest BCUT2D eigenvalue weighted by molar-refractivity contribution is -0.192. The zero-order chi connectivity index (χ0) is 31.0. The lowest BCUT2D eigenvalue weighted by atomic mass is 10.2. The van der Waals surface area contributed by atoms with Gasteiger partial charge < -0.3 is 20.5 Å². The van der Waals surface area contributed by atoms with E-state index in [4.69, 9.17) is 37.8 Å². The molecule has 1 aliphatic heterocycles. The number of carbonyl (C=O) groups is 2. The van der Waals surface area contributed by atoms with E-state index in [0.29, 0.717) is 33.7 Å². The molecular weight excluding hydrogens is 612 g/mol. The van der Waals surface area contributed by atoms with Gasteiger partial charge in [0.2, 0.25) is 0 Å². The maximum absolute atomic E-state index is 12.7. The van der Waals surface area contributed by atoms with Crippen molar-refractivity contribution in [2.24, 2.45) is 0 Å². The molecule has 43 heavy (non-hydrogen) atoms. The van der Waals surface area contributed by atoms with Gasteiger partial charge in [0.25, 0.3) is 5.91 Å². The number of pyridine rings is 1. The minimum absolute atomic E-state index is 0.125. The quantitative estimate of drug-likeness (QED) is 0.215. The molecule has 0 saturated carbocycles. The van der Waals surface area contributed by atoms with Gasteiger partial charge in [-0.1, -0.05) is 29.3 Å². The number of nitrogens with zero attached hydrogens (tertiary/aromatic N) is 4. The predicted molar refractivity (Wildman–Crippen MR) is 157 cm³/mol. The maximum Gasteiger partial charge on any atom is 0.490 e. The summed E-state index contributed by atoms with van der Waals surface area (Å²) < 4.78 is 38.8. The first kappa shape index (κ1) is 32.0. The van der Waals surface area contributed by atoms with Crippen LogP contribution in [0.4, 0.5) is 24.5 Å². The fraction of sp³-hybridized carbons (Fsp3) is 0.286. The highest BCUT2D eigenvalue weighted by molar-refractivity contribution is 6.39. The van der Waals surface area contributed by atoms with Gasteiger partial charge in [-0.25, -0.2) is 14.5 Å². The molecule has 1 fully saturated rings. The van der Waals surface area contributed by atoms with Crippen molar-refractivity contribution in [2.45, 2.75) is 12.6 Å². The van der Waals surface area contributed by atoms with E-state index in [1.807, 2.05) is 18.2 Å². The number of fused-ring (bicyclic) bond motifs is 1. The normalized spacial score (nSPS) is 13.7. The molecule has 1 saturated heterocycles. The number of carboxylic acids is 1. The van der Waals surface area contributed by atoms with Gasteiger partial charge in [-0.3, -0.25) is 9.69 Å². The van der Waals surface area contributed by atoms with Gasteiger partial charge in [0.05, 0.1) is 40.7 Å². The number of amides is 1. The number of para-hydroxylation sites is 1. The highest BCUT2D eigenvalue weighted by Gasteiger charge is 2.38. The molecule has 0 unspecified atom stereocenters. The predicted octanol–water partition coefficient (Wildman–Crippen LogP) is 5.56. The smallest absolute Gasteiger partial charge is 0.475 e. The van der Waals surface area contributed by atoms with Crippen molar-refractivity contribution < 1.29 is 32.6 Å². The number of rotatable bonds is 8. The van der Waals surface area contributed by atoms with Crippen LogP contribution in [0, 0.1) is 0 Å². The highest BCUT2D eigenvalue weighted by Crippen LogP contribution is 2.33. The van der Waals surface area contributed by atoms with E-state index < -0.39 is 12.1 Å². The Bertz CT molecular complexity index is 1560. The number of carbonyl (C=O) groups excluding carboxylic acids is 1. The molecule has 0 bridgehead atoms. The average Bonchev–Trinajstić information content (AvgIpc) is 3.41. The minimum atomic E-state index is -5.08. The zero-order valence-corrected chi connectivity index (χ0v) is 24.1. The molecule has 1 amide bonds. The lowest BCUT2D eigenvalue weighted by Gasteiger charge is -2.26. The molecule has 0 atom stereocenters. The molecule has 1 aliphatic rings. The Balaban J connectivity index is 0.000000541. The molecule has 2 aromatic heterocycles. The molecule has 0 spiro atoms. The Labute approximate surface area is 254 Å². The maximum atomic E-state index is 12.7. The van der Waals surface area contributed by atoms with Crippen LogP contribution in [0.5, 0.6) is 0 Å². The lowest BCUT2D eigenvalue weighted by Crippen LogP contribution is -2.38. The number of hydrogen-bond acceptors (Lipinski definition) is 7.